The Morgan fingerprint density at radius 2 is 2.21 bits per heavy atom. The van der Waals surface area contributed by atoms with Gasteiger partial charge in [0, 0.05) is 25.4 Å². The lowest BCUT2D eigenvalue weighted by molar-refractivity contribution is -0.131. The molecule has 0 aliphatic heterocycles. The van der Waals surface area contributed by atoms with Crippen molar-refractivity contribution in [2.75, 3.05) is 24.9 Å². The average Bonchev–Trinajstić information content (AvgIpc) is 2.21. The van der Waals surface area contributed by atoms with Crippen LogP contribution < -0.4 is 0 Å². The van der Waals surface area contributed by atoms with Crippen molar-refractivity contribution in [1.82, 2.24) is 4.90 Å². The van der Waals surface area contributed by atoms with E-state index >= 15 is 0 Å². The molecule has 0 saturated carbocycles. The monoisotopic (exact) mass is 237 g/mol. The summed E-state index contributed by atoms with van der Waals surface area (Å²) >= 11 is 7.36. The highest BCUT2D eigenvalue weighted by Crippen LogP contribution is 2.08. The summed E-state index contributed by atoms with van der Waals surface area (Å²) in [5, 5.41) is 0. The van der Waals surface area contributed by atoms with Crippen LogP contribution in [0, 0.1) is 0 Å². The number of hydrogen-bond donors (Lipinski definition) is 0. The Morgan fingerprint density at radius 3 is 2.71 bits per heavy atom. The number of amides is 1. The summed E-state index contributed by atoms with van der Waals surface area (Å²) < 4.78 is 0. The van der Waals surface area contributed by atoms with E-state index in [0.717, 1.165) is 18.6 Å². The van der Waals surface area contributed by atoms with Crippen LogP contribution in [-0.4, -0.2) is 41.8 Å². The van der Waals surface area contributed by atoms with Crippen molar-refractivity contribution in [1.29, 1.82) is 0 Å². The molecule has 1 amide bonds. The minimum Gasteiger partial charge on any atom is -0.343 e. The number of nitrogens with zero attached hydrogens (tertiary/aromatic N) is 1. The van der Waals surface area contributed by atoms with Crippen molar-refractivity contribution >= 4 is 29.3 Å². The number of rotatable bonds is 7. The molecule has 0 saturated heterocycles. The zero-order valence-electron chi connectivity index (χ0n) is 9.25. The van der Waals surface area contributed by atoms with Crippen molar-refractivity contribution in [2.45, 2.75) is 32.2 Å². The van der Waals surface area contributed by atoms with E-state index in [-0.39, 0.29) is 5.91 Å². The van der Waals surface area contributed by atoms with Gasteiger partial charge >= 0.3 is 0 Å². The quantitative estimate of drug-likeness (QED) is 0.635. The smallest absolute Gasteiger partial charge is 0.222 e. The number of halogens is 1. The van der Waals surface area contributed by atoms with Gasteiger partial charge in [-0.25, -0.2) is 0 Å². The lowest BCUT2D eigenvalue weighted by Crippen LogP contribution is -2.35. The largest absolute Gasteiger partial charge is 0.343 e. The Bertz CT molecular complexity index is 166. The van der Waals surface area contributed by atoms with Crippen LogP contribution >= 0.6 is 23.4 Å². The maximum Gasteiger partial charge on any atom is 0.222 e. The van der Waals surface area contributed by atoms with Crippen molar-refractivity contribution in [3.05, 3.63) is 0 Å². The lowest BCUT2D eigenvalue weighted by Gasteiger charge is -2.24. The van der Waals surface area contributed by atoms with Crippen molar-refractivity contribution in [3.8, 4) is 0 Å². The van der Waals surface area contributed by atoms with E-state index in [1.165, 1.54) is 0 Å². The lowest BCUT2D eigenvalue weighted by atomic mass is 10.2. The van der Waals surface area contributed by atoms with Gasteiger partial charge in [0.1, 0.15) is 0 Å². The first-order chi connectivity index (χ1) is 6.63. The SMILES string of the molecule is CSCCC(C)N(C)C(=O)CCCCl. The molecule has 0 aromatic heterocycles. The van der Waals surface area contributed by atoms with E-state index in [2.05, 4.69) is 13.2 Å². The Labute approximate surface area is 96.4 Å². The molecule has 1 unspecified atom stereocenters. The Hall–Kier alpha value is 0.110. The molecule has 0 radical (unpaired) electrons. The van der Waals surface area contributed by atoms with Crippen LogP contribution in [0.15, 0.2) is 0 Å². The van der Waals surface area contributed by atoms with Crippen LogP contribution in [0.2, 0.25) is 0 Å². The predicted octanol–water partition coefficient (Wildman–Crippen LogP) is 2.61. The van der Waals surface area contributed by atoms with Gasteiger partial charge in [0.15, 0.2) is 0 Å². The van der Waals surface area contributed by atoms with Gasteiger partial charge in [0.25, 0.3) is 0 Å². The summed E-state index contributed by atoms with van der Waals surface area (Å²) in [6, 6.07) is 0.338. The topological polar surface area (TPSA) is 20.3 Å². The molecule has 0 rings (SSSR count). The molecular weight excluding hydrogens is 218 g/mol. The fourth-order valence-electron chi connectivity index (χ4n) is 1.12. The molecule has 0 spiro atoms. The maximum atomic E-state index is 11.6. The van der Waals surface area contributed by atoms with Crippen LogP contribution in [-0.2, 0) is 4.79 Å². The summed E-state index contributed by atoms with van der Waals surface area (Å²) in [5.74, 6) is 1.88. The molecule has 4 heteroatoms. The Balaban J connectivity index is 3.78. The van der Waals surface area contributed by atoms with E-state index in [1.54, 1.807) is 0 Å². The fraction of sp³-hybridized carbons (Fsp3) is 0.900. The summed E-state index contributed by atoms with van der Waals surface area (Å²) in [7, 11) is 1.88. The second-order valence-corrected chi connectivity index (χ2v) is 4.79. The van der Waals surface area contributed by atoms with Gasteiger partial charge in [-0.05, 0) is 31.8 Å². The minimum absolute atomic E-state index is 0.208. The molecule has 0 N–H and O–H groups in total. The van der Waals surface area contributed by atoms with Gasteiger partial charge in [0.2, 0.25) is 5.91 Å². The third-order valence-electron chi connectivity index (χ3n) is 2.32. The second-order valence-electron chi connectivity index (χ2n) is 3.43. The molecule has 0 aromatic carbocycles. The first-order valence-electron chi connectivity index (χ1n) is 4.94. The maximum absolute atomic E-state index is 11.6. The third-order valence-corrected chi connectivity index (χ3v) is 3.23. The van der Waals surface area contributed by atoms with Gasteiger partial charge in [-0.2, -0.15) is 11.8 Å². The minimum atomic E-state index is 0.208. The van der Waals surface area contributed by atoms with E-state index in [1.807, 2.05) is 23.7 Å². The van der Waals surface area contributed by atoms with Crippen LogP contribution in [0.1, 0.15) is 26.2 Å². The molecule has 0 heterocycles. The van der Waals surface area contributed by atoms with Gasteiger partial charge in [-0.15, -0.1) is 11.6 Å². The Kier molecular flexibility index (Phi) is 8.49. The molecule has 0 aliphatic carbocycles. The van der Waals surface area contributed by atoms with Crippen LogP contribution in [0.3, 0.4) is 0 Å². The van der Waals surface area contributed by atoms with Crippen LogP contribution in [0.5, 0.6) is 0 Å². The number of carbonyl (C=O) groups is 1. The average molecular weight is 238 g/mol. The van der Waals surface area contributed by atoms with Crippen molar-refractivity contribution in [2.24, 2.45) is 0 Å². The van der Waals surface area contributed by atoms with E-state index in [0.29, 0.717) is 18.3 Å². The zero-order valence-corrected chi connectivity index (χ0v) is 10.8. The fourth-order valence-corrected chi connectivity index (χ4v) is 1.83. The van der Waals surface area contributed by atoms with E-state index < -0.39 is 0 Å². The Morgan fingerprint density at radius 1 is 1.57 bits per heavy atom. The predicted molar refractivity (Wildman–Crippen MR) is 65.2 cm³/mol. The standard InChI is InChI=1S/C10H20ClNOS/c1-9(6-8-14-3)12(2)10(13)5-4-7-11/h9H,4-8H2,1-3H3. The van der Waals surface area contributed by atoms with E-state index in [9.17, 15) is 4.79 Å². The van der Waals surface area contributed by atoms with Crippen LogP contribution in [0.4, 0.5) is 0 Å². The third kappa shape index (κ3) is 5.76. The molecule has 0 bridgehead atoms. The summed E-state index contributed by atoms with van der Waals surface area (Å²) in [5.41, 5.74) is 0. The summed E-state index contributed by atoms with van der Waals surface area (Å²) in [6.07, 6.45) is 4.50. The van der Waals surface area contributed by atoms with Crippen molar-refractivity contribution in [3.63, 3.8) is 0 Å². The highest BCUT2D eigenvalue weighted by atomic mass is 35.5. The molecule has 1 atom stereocenters. The molecule has 0 aliphatic rings. The zero-order chi connectivity index (χ0) is 11.0. The molecular formula is C10H20ClNOS. The number of alkyl halides is 1. The first-order valence-corrected chi connectivity index (χ1v) is 6.86. The summed E-state index contributed by atoms with van der Waals surface area (Å²) in [6.45, 7) is 2.09. The highest BCUT2D eigenvalue weighted by molar-refractivity contribution is 7.98. The van der Waals surface area contributed by atoms with Gasteiger partial charge in [-0.3, -0.25) is 4.79 Å². The first kappa shape index (κ1) is 14.1. The van der Waals surface area contributed by atoms with Crippen molar-refractivity contribution < 1.29 is 4.79 Å². The molecule has 0 fully saturated rings. The van der Waals surface area contributed by atoms with Gasteiger partial charge in [0.05, 0.1) is 0 Å². The molecule has 2 nitrogen and oxygen atoms in total. The molecule has 84 valence electrons. The second kappa shape index (κ2) is 8.42. The number of thioether (sulfide) groups is 1. The molecule has 14 heavy (non-hydrogen) atoms. The molecule has 0 aromatic rings. The number of hydrogen-bond acceptors (Lipinski definition) is 2. The highest BCUT2D eigenvalue weighted by Gasteiger charge is 2.14. The normalized spacial score (nSPS) is 12.6. The summed E-state index contributed by atoms with van der Waals surface area (Å²) in [4.78, 5) is 13.4. The van der Waals surface area contributed by atoms with Gasteiger partial charge < -0.3 is 4.90 Å². The van der Waals surface area contributed by atoms with Crippen LogP contribution in [0.25, 0.3) is 0 Å². The number of carbonyl (C=O) groups excluding carboxylic acids is 1. The van der Waals surface area contributed by atoms with Gasteiger partial charge in [-0.1, -0.05) is 0 Å². The van der Waals surface area contributed by atoms with E-state index in [4.69, 9.17) is 11.6 Å².